The highest BCUT2D eigenvalue weighted by Crippen LogP contribution is 2.32. The van der Waals surface area contributed by atoms with Crippen LogP contribution in [0.3, 0.4) is 0 Å². The Morgan fingerprint density at radius 3 is 2.89 bits per heavy atom. The number of rotatable bonds is 7. The fraction of sp³-hybridized carbons (Fsp3) is 0.714. The van der Waals surface area contributed by atoms with Gasteiger partial charge in [0.05, 0.1) is 18.4 Å². The molecule has 5 nitrogen and oxygen atoms in total. The summed E-state index contributed by atoms with van der Waals surface area (Å²) in [5, 5.41) is 7.69. The van der Waals surface area contributed by atoms with Crippen LogP contribution in [0.4, 0.5) is 5.69 Å². The molecular formula is C14H24N4O. The highest BCUT2D eigenvalue weighted by molar-refractivity contribution is 5.41. The van der Waals surface area contributed by atoms with Crippen molar-refractivity contribution < 1.29 is 0 Å². The highest BCUT2D eigenvalue weighted by atomic mass is 16.1. The molecule has 0 spiro atoms. The van der Waals surface area contributed by atoms with Crippen molar-refractivity contribution in [2.24, 2.45) is 5.92 Å². The molecule has 1 unspecified atom stereocenters. The van der Waals surface area contributed by atoms with E-state index in [-0.39, 0.29) is 5.56 Å². The largest absolute Gasteiger partial charge is 0.373 e. The second kappa shape index (κ2) is 6.19. The van der Waals surface area contributed by atoms with E-state index in [0.717, 1.165) is 24.7 Å². The number of hydrogen-bond acceptors (Lipinski definition) is 4. The van der Waals surface area contributed by atoms with Crippen molar-refractivity contribution in [1.29, 1.82) is 0 Å². The molecule has 1 aliphatic rings. The Morgan fingerprint density at radius 2 is 2.32 bits per heavy atom. The van der Waals surface area contributed by atoms with Crippen LogP contribution in [0.15, 0.2) is 17.1 Å². The Balaban J connectivity index is 1.88. The first-order valence-corrected chi connectivity index (χ1v) is 7.13. The van der Waals surface area contributed by atoms with Gasteiger partial charge in [-0.25, -0.2) is 4.68 Å². The summed E-state index contributed by atoms with van der Waals surface area (Å²) in [6.45, 7) is 6.56. The lowest BCUT2D eigenvalue weighted by Crippen LogP contribution is -2.34. The lowest BCUT2D eigenvalue weighted by molar-refractivity contribution is 0.455. The summed E-state index contributed by atoms with van der Waals surface area (Å²) in [5.74, 6) is 0.838. The minimum Gasteiger partial charge on any atom is -0.373 e. The third-order valence-electron chi connectivity index (χ3n) is 3.89. The lowest BCUT2D eigenvalue weighted by atomic mass is 10.2. The van der Waals surface area contributed by atoms with Crippen molar-refractivity contribution in [2.75, 3.05) is 25.0 Å². The Labute approximate surface area is 114 Å². The van der Waals surface area contributed by atoms with Crippen LogP contribution in [0.25, 0.3) is 0 Å². The minimum absolute atomic E-state index is 0.0290. The van der Waals surface area contributed by atoms with Crippen molar-refractivity contribution in [2.45, 2.75) is 39.3 Å². The molecule has 1 aromatic heterocycles. The second-order valence-electron chi connectivity index (χ2n) is 5.37. The fourth-order valence-corrected chi connectivity index (χ4v) is 2.14. The van der Waals surface area contributed by atoms with Gasteiger partial charge in [0, 0.05) is 32.2 Å². The van der Waals surface area contributed by atoms with E-state index in [2.05, 4.69) is 24.3 Å². The van der Waals surface area contributed by atoms with Gasteiger partial charge < -0.3 is 10.2 Å². The normalized spacial score (nSPS) is 16.4. The molecule has 0 bridgehead atoms. The van der Waals surface area contributed by atoms with Crippen molar-refractivity contribution in [3.8, 4) is 0 Å². The summed E-state index contributed by atoms with van der Waals surface area (Å²) in [6, 6.07) is 2.21. The molecular weight excluding hydrogens is 240 g/mol. The number of aromatic nitrogens is 2. The van der Waals surface area contributed by atoms with E-state index in [0.29, 0.717) is 12.6 Å². The van der Waals surface area contributed by atoms with Crippen LogP contribution in [0.5, 0.6) is 0 Å². The second-order valence-corrected chi connectivity index (χ2v) is 5.37. The lowest BCUT2D eigenvalue weighted by Gasteiger charge is -2.17. The molecule has 1 atom stereocenters. The van der Waals surface area contributed by atoms with Crippen LogP contribution in [0, 0.1) is 5.92 Å². The summed E-state index contributed by atoms with van der Waals surface area (Å²) in [4.78, 5) is 13.9. The molecule has 0 radical (unpaired) electrons. The first kappa shape index (κ1) is 14.1. The zero-order valence-electron chi connectivity index (χ0n) is 12.1. The van der Waals surface area contributed by atoms with Gasteiger partial charge in [-0.15, -0.1) is 0 Å². The molecule has 1 N–H and O–H groups in total. The van der Waals surface area contributed by atoms with E-state index < -0.39 is 0 Å². The smallest absolute Gasteiger partial charge is 0.268 e. The maximum absolute atomic E-state index is 11.9. The first-order valence-electron chi connectivity index (χ1n) is 7.13. The van der Waals surface area contributed by atoms with Gasteiger partial charge >= 0.3 is 0 Å². The van der Waals surface area contributed by atoms with Crippen molar-refractivity contribution in [3.05, 3.63) is 22.6 Å². The quantitative estimate of drug-likeness (QED) is 0.801. The fourth-order valence-electron chi connectivity index (χ4n) is 2.14. The summed E-state index contributed by atoms with van der Waals surface area (Å²) in [7, 11) is 1.96. The molecule has 1 aliphatic carbocycles. The van der Waals surface area contributed by atoms with E-state index in [4.69, 9.17) is 0 Å². The average Bonchev–Trinajstić information content (AvgIpc) is 3.23. The van der Waals surface area contributed by atoms with Gasteiger partial charge in [-0.05, 0) is 32.6 Å². The number of hydrogen-bond donors (Lipinski definition) is 1. The Kier molecular flexibility index (Phi) is 4.58. The third-order valence-corrected chi connectivity index (χ3v) is 3.89. The number of anilines is 1. The van der Waals surface area contributed by atoms with Crippen molar-refractivity contribution >= 4 is 5.69 Å². The Hall–Kier alpha value is -1.36. The summed E-state index contributed by atoms with van der Waals surface area (Å²) in [6.07, 6.45) is 4.43. The first-order chi connectivity index (χ1) is 9.11. The van der Waals surface area contributed by atoms with Gasteiger partial charge in [-0.3, -0.25) is 4.79 Å². The average molecular weight is 264 g/mol. The SMILES string of the molecule is CCN(C)c1cnn(CCNC(C)C2CC2)c(=O)c1. The standard InChI is InChI=1S/C14H24N4O/c1-4-17(3)13-9-14(19)18(16-10-13)8-7-15-11(2)12-5-6-12/h9-12,15H,4-8H2,1-3H3. The van der Waals surface area contributed by atoms with Crippen LogP contribution in [0.1, 0.15) is 26.7 Å². The van der Waals surface area contributed by atoms with E-state index in [1.165, 1.54) is 17.5 Å². The monoisotopic (exact) mass is 264 g/mol. The van der Waals surface area contributed by atoms with Crippen LogP contribution >= 0.6 is 0 Å². The molecule has 2 rings (SSSR count). The zero-order chi connectivity index (χ0) is 13.8. The molecule has 0 amide bonds. The van der Waals surface area contributed by atoms with Gasteiger partial charge in [-0.2, -0.15) is 5.10 Å². The maximum atomic E-state index is 11.9. The summed E-state index contributed by atoms with van der Waals surface area (Å²) >= 11 is 0. The maximum Gasteiger partial charge on any atom is 0.268 e. The van der Waals surface area contributed by atoms with Gasteiger partial charge in [0.1, 0.15) is 0 Å². The molecule has 19 heavy (non-hydrogen) atoms. The molecule has 0 saturated heterocycles. The van der Waals surface area contributed by atoms with E-state index in [1.807, 2.05) is 11.9 Å². The predicted molar refractivity (Wildman–Crippen MR) is 77.6 cm³/mol. The van der Waals surface area contributed by atoms with Gasteiger partial charge in [-0.1, -0.05) is 0 Å². The van der Waals surface area contributed by atoms with Gasteiger partial charge in [0.2, 0.25) is 0 Å². The summed E-state index contributed by atoms with van der Waals surface area (Å²) < 4.78 is 1.53. The van der Waals surface area contributed by atoms with Crippen LogP contribution in [0.2, 0.25) is 0 Å². The van der Waals surface area contributed by atoms with Crippen LogP contribution in [-0.4, -0.2) is 36.0 Å². The van der Waals surface area contributed by atoms with Crippen molar-refractivity contribution in [3.63, 3.8) is 0 Å². The van der Waals surface area contributed by atoms with E-state index in [1.54, 1.807) is 12.3 Å². The van der Waals surface area contributed by atoms with Crippen molar-refractivity contribution in [1.82, 2.24) is 15.1 Å². The minimum atomic E-state index is -0.0290. The third kappa shape index (κ3) is 3.80. The molecule has 0 aromatic carbocycles. The van der Waals surface area contributed by atoms with Crippen LogP contribution < -0.4 is 15.8 Å². The topological polar surface area (TPSA) is 50.2 Å². The van der Waals surface area contributed by atoms with E-state index >= 15 is 0 Å². The molecule has 5 heteroatoms. The highest BCUT2D eigenvalue weighted by Gasteiger charge is 2.27. The molecule has 0 aliphatic heterocycles. The summed E-state index contributed by atoms with van der Waals surface area (Å²) in [5.41, 5.74) is 0.849. The zero-order valence-corrected chi connectivity index (χ0v) is 12.1. The van der Waals surface area contributed by atoms with Crippen LogP contribution in [-0.2, 0) is 6.54 Å². The van der Waals surface area contributed by atoms with E-state index in [9.17, 15) is 4.79 Å². The molecule has 1 fully saturated rings. The number of nitrogens with zero attached hydrogens (tertiary/aromatic N) is 3. The number of nitrogens with one attached hydrogen (secondary N) is 1. The van der Waals surface area contributed by atoms with Gasteiger partial charge in [0.25, 0.3) is 5.56 Å². The molecule has 1 heterocycles. The molecule has 1 saturated carbocycles. The molecule has 1 aromatic rings. The Bertz CT molecular complexity index is 467. The molecule has 106 valence electrons. The Morgan fingerprint density at radius 1 is 1.58 bits per heavy atom. The van der Waals surface area contributed by atoms with Gasteiger partial charge in [0.15, 0.2) is 0 Å². The predicted octanol–water partition coefficient (Wildman–Crippen LogP) is 1.09.